The molecule has 1 aliphatic rings. The van der Waals surface area contributed by atoms with E-state index in [0.29, 0.717) is 5.02 Å². The second-order valence-corrected chi connectivity index (χ2v) is 8.36. The summed E-state index contributed by atoms with van der Waals surface area (Å²) in [6, 6.07) is 15.0. The van der Waals surface area contributed by atoms with Crippen LogP contribution in [0.1, 0.15) is 11.5 Å². The third-order valence-electron chi connectivity index (χ3n) is 4.60. The van der Waals surface area contributed by atoms with Crippen molar-refractivity contribution in [3.63, 3.8) is 0 Å². The summed E-state index contributed by atoms with van der Waals surface area (Å²) in [4.78, 5) is 0.202. The summed E-state index contributed by atoms with van der Waals surface area (Å²) in [6.07, 6.45) is 0. The first-order valence-corrected chi connectivity index (χ1v) is 9.16. The van der Waals surface area contributed by atoms with Gasteiger partial charge in [0.2, 0.25) is 0 Å². The van der Waals surface area contributed by atoms with E-state index in [1.165, 1.54) is 12.1 Å². The van der Waals surface area contributed by atoms with Crippen LogP contribution in [0.4, 0.5) is 0 Å². The zero-order valence-electron chi connectivity index (χ0n) is 12.3. The van der Waals surface area contributed by atoms with Crippen molar-refractivity contribution in [1.29, 1.82) is 0 Å². The first-order valence-electron chi connectivity index (χ1n) is 7.23. The molecule has 0 amide bonds. The Kier molecular flexibility index (Phi) is 4.23. The van der Waals surface area contributed by atoms with Crippen LogP contribution in [0.3, 0.4) is 0 Å². The molecule has 0 radical (unpaired) electrons. The van der Waals surface area contributed by atoms with E-state index in [9.17, 15) is 18.6 Å². The summed E-state index contributed by atoms with van der Waals surface area (Å²) in [6.45, 7) is -0.791. The van der Waals surface area contributed by atoms with Gasteiger partial charge in [-0.1, -0.05) is 41.9 Å². The molecule has 2 aromatic carbocycles. The van der Waals surface area contributed by atoms with Gasteiger partial charge in [0.25, 0.3) is 0 Å². The quantitative estimate of drug-likeness (QED) is 0.865. The van der Waals surface area contributed by atoms with Gasteiger partial charge >= 0.3 is 0 Å². The third kappa shape index (κ3) is 2.58. The lowest BCUT2D eigenvalue weighted by Gasteiger charge is -2.11. The molecule has 0 aliphatic heterocycles. The first-order chi connectivity index (χ1) is 11.0. The maximum Gasteiger partial charge on any atom is 0.182 e. The van der Waals surface area contributed by atoms with E-state index in [1.807, 2.05) is 0 Å². The van der Waals surface area contributed by atoms with Gasteiger partial charge in [-0.05, 0) is 29.8 Å². The van der Waals surface area contributed by atoms with Crippen molar-refractivity contribution in [3.8, 4) is 0 Å². The average molecular weight is 353 g/mol. The van der Waals surface area contributed by atoms with Crippen molar-refractivity contribution < 1.29 is 18.6 Å². The van der Waals surface area contributed by atoms with Crippen molar-refractivity contribution in [2.24, 2.45) is 5.41 Å². The zero-order valence-corrected chi connectivity index (χ0v) is 13.8. The van der Waals surface area contributed by atoms with Gasteiger partial charge in [-0.3, -0.25) is 0 Å². The highest BCUT2D eigenvalue weighted by atomic mass is 35.5. The smallest absolute Gasteiger partial charge is 0.182 e. The van der Waals surface area contributed by atoms with Gasteiger partial charge in [-0.25, -0.2) is 8.42 Å². The first kappa shape index (κ1) is 16.5. The second-order valence-electron chi connectivity index (χ2n) is 5.86. The van der Waals surface area contributed by atoms with E-state index in [4.69, 9.17) is 11.6 Å². The maximum atomic E-state index is 12.9. The lowest BCUT2D eigenvalue weighted by atomic mass is 10.0. The molecular formula is C17H17ClO4S. The molecule has 2 aromatic rings. The Morgan fingerprint density at radius 2 is 1.52 bits per heavy atom. The van der Waals surface area contributed by atoms with Crippen molar-refractivity contribution in [2.45, 2.75) is 16.1 Å². The van der Waals surface area contributed by atoms with Crippen LogP contribution in [-0.4, -0.2) is 37.1 Å². The molecule has 2 N–H and O–H groups in total. The molecule has 2 atom stereocenters. The maximum absolute atomic E-state index is 12.9. The fourth-order valence-electron chi connectivity index (χ4n) is 3.30. The minimum absolute atomic E-state index is 0.202. The largest absolute Gasteiger partial charge is 0.396 e. The van der Waals surface area contributed by atoms with Crippen LogP contribution in [0.2, 0.25) is 5.02 Å². The Hall–Kier alpha value is -1.40. The van der Waals surface area contributed by atoms with Crippen LogP contribution >= 0.6 is 11.6 Å². The number of hydrogen-bond acceptors (Lipinski definition) is 4. The van der Waals surface area contributed by atoms with Gasteiger partial charge < -0.3 is 10.2 Å². The van der Waals surface area contributed by atoms with Crippen molar-refractivity contribution >= 4 is 21.4 Å². The minimum Gasteiger partial charge on any atom is -0.396 e. The molecule has 1 aliphatic carbocycles. The van der Waals surface area contributed by atoms with Gasteiger partial charge in [0, 0.05) is 16.4 Å². The Labute approximate surface area is 140 Å². The third-order valence-corrected chi connectivity index (χ3v) is 7.19. The molecule has 1 fully saturated rings. The Balaban J connectivity index is 2.05. The molecule has 0 aromatic heterocycles. The molecule has 6 heteroatoms. The predicted molar refractivity (Wildman–Crippen MR) is 88.2 cm³/mol. The van der Waals surface area contributed by atoms with Crippen molar-refractivity contribution in [3.05, 3.63) is 65.2 Å². The fourth-order valence-corrected chi connectivity index (χ4v) is 5.88. The van der Waals surface area contributed by atoms with E-state index in [0.717, 1.165) is 5.56 Å². The lowest BCUT2D eigenvalue weighted by molar-refractivity contribution is 0.130. The monoisotopic (exact) mass is 352 g/mol. The number of aliphatic hydroxyl groups is 2. The number of halogens is 1. The highest BCUT2D eigenvalue weighted by Crippen LogP contribution is 2.63. The van der Waals surface area contributed by atoms with Gasteiger partial charge in [-0.15, -0.1) is 0 Å². The highest BCUT2D eigenvalue weighted by Gasteiger charge is 2.70. The van der Waals surface area contributed by atoms with E-state index in [-0.39, 0.29) is 4.90 Å². The summed E-state index contributed by atoms with van der Waals surface area (Å²) in [7, 11) is -3.66. The molecular weight excluding hydrogens is 336 g/mol. The Bertz CT molecular complexity index is 783. The van der Waals surface area contributed by atoms with E-state index in [2.05, 4.69) is 0 Å². The van der Waals surface area contributed by atoms with Crippen molar-refractivity contribution in [1.82, 2.24) is 0 Å². The SMILES string of the molecule is O=S(=O)(c1ccccc1)[C@H]1[C@@H](c2ccc(Cl)cc2)C1(CO)CO. The average Bonchev–Trinajstić information content (AvgIpc) is 3.27. The number of hydrogen-bond donors (Lipinski definition) is 2. The molecule has 0 spiro atoms. The van der Waals surface area contributed by atoms with Gasteiger partial charge in [0.05, 0.1) is 23.4 Å². The normalized spacial score (nSPS) is 22.7. The fraction of sp³-hybridized carbons (Fsp3) is 0.294. The molecule has 1 saturated carbocycles. The van der Waals surface area contributed by atoms with E-state index < -0.39 is 39.6 Å². The number of benzene rings is 2. The summed E-state index contributed by atoms with van der Waals surface area (Å²) in [5, 5.41) is 19.2. The molecule has 0 bridgehead atoms. The predicted octanol–water partition coefficient (Wildman–Crippen LogP) is 2.25. The number of sulfone groups is 1. The van der Waals surface area contributed by atoms with Crippen LogP contribution in [-0.2, 0) is 9.84 Å². The Morgan fingerprint density at radius 3 is 2.04 bits per heavy atom. The summed E-state index contributed by atoms with van der Waals surface area (Å²) < 4.78 is 25.9. The van der Waals surface area contributed by atoms with E-state index in [1.54, 1.807) is 42.5 Å². The summed E-state index contributed by atoms with van der Waals surface area (Å²) in [5.41, 5.74) is -0.315. The van der Waals surface area contributed by atoms with Crippen LogP contribution in [0.5, 0.6) is 0 Å². The van der Waals surface area contributed by atoms with E-state index >= 15 is 0 Å². The van der Waals surface area contributed by atoms with Crippen LogP contribution < -0.4 is 0 Å². The van der Waals surface area contributed by atoms with Crippen molar-refractivity contribution in [2.75, 3.05) is 13.2 Å². The molecule has 0 unspecified atom stereocenters. The summed E-state index contributed by atoms with van der Waals surface area (Å²) in [5.74, 6) is -0.458. The number of rotatable bonds is 5. The van der Waals surface area contributed by atoms with Crippen LogP contribution in [0.25, 0.3) is 0 Å². The zero-order chi connectivity index (χ0) is 16.7. The van der Waals surface area contributed by atoms with Gasteiger partial charge in [0.15, 0.2) is 9.84 Å². The second kappa shape index (κ2) is 5.91. The molecule has 3 rings (SSSR count). The molecule has 23 heavy (non-hydrogen) atoms. The van der Waals surface area contributed by atoms with Crippen LogP contribution in [0.15, 0.2) is 59.5 Å². The molecule has 0 saturated heterocycles. The standard InChI is InChI=1S/C17H17ClO4S/c18-13-8-6-12(7-9-13)15-16(17(15,10-19)11-20)23(21,22)14-4-2-1-3-5-14/h1-9,15-16,19-20H,10-11H2/t15-,16+/m1/s1. The van der Waals surface area contributed by atoms with Crippen LogP contribution in [0, 0.1) is 5.41 Å². The molecule has 4 nitrogen and oxygen atoms in total. The van der Waals surface area contributed by atoms with Gasteiger partial charge in [-0.2, -0.15) is 0 Å². The summed E-state index contributed by atoms with van der Waals surface area (Å²) >= 11 is 5.88. The topological polar surface area (TPSA) is 74.6 Å². The lowest BCUT2D eigenvalue weighted by Crippen LogP contribution is -2.22. The number of aliphatic hydroxyl groups excluding tert-OH is 2. The minimum atomic E-state index is -3.66. The molecule has 0 heterocycles. The Morgan fingerprint density at radius 1 is 0.957 bits per heavy atom. The van der Waals surface area contributed by atoms with Gasteiger partial charge in [0.1, 0.15) is 0 Å². The highest BCUT2D eigenvalue weighted by molar-refractivity contribution is 7.92. The molecule has 122 valence electrons.